The average Bonchev–Trinajstić information content (AvgIpc) is 3.30. The van der Waals surface area contributed by atoms with Crippen LogP contribution in [-0.4, -0.2) is 39.8 Å². The Kier molecular flexibility index (Phi) is 5.27. The Labute approximate surface area is 124 Å². The summed E-state index contributed by atoms with van der Waals surface area (Å²) in [7, 11) is 4.63. The number of rotatable bonds is 8. The molecule has 2 N–H and O–H groups in total. The molecule has 1 aromatic rings. The summed E-state index contributed by atoms with van der Waals surface area (Å²) >= 11 is 0. The first-order valence-electron chi connectivity index (χ1n) is 7.01. The zero-order valence-electron chi connectivity index (χ0n) is 12.7. The Morgan fingerprint density at radius 3 is 2.24 bits per heavy atom. The van der Waals surface area contributed by atoms with Crippen LogP contribution in [0.2, 0.25) is 0 Å². The molecule has 0 aliphatic heterocycles. The van der Waals surface area contributed by atoms with Crippen LogP contribution in [0.3, 0.4) is 0 Å². The summed E-state index contributed by atoms with van der Waals surface area (Å²) in [4.78, 5) is 11.9. The highest BCUT2D eigenvalue weighted by Gasteiger charge is 2.20. The maximum absolute atomic E-state index is 11.9. The number of hydrogen-bond acceptors (Lipinski definition) is 5. The van der Waals surface area contributed by atoms with Crippen molar-refractivity contribution < 1.29 is 19.0 Å². The third-order valence-corrected chi connectivity index (χ3v) is 3.31. The van der Waals surface area contributed by atoms with E-state index in [0.29, 0.717) is 41.9 Å². The van der Waals surface area contributed by atoms with E-state index in [4.69, 9.17) is 14.2 Å². The van der Waals surface area contributed by atoms with Crippen LogP contribution in [-0.2, 0) is 4.79 Å². The standard InChI is InChI=1S/C15H22N2O4/c1-19-12-8-11(9-13(20-2)15(12)21-3)17-14(18)6-7-16-10-4-5-10/h8-10,16H,4-7H2,1-3H3,(H,17,18). The Hall–Kier alpha value is -1.95. The molecule has 1 fully saturated rings. The van der Waals surface area contributed by atoms with Crippen molar-refractivity contribution in [2.24, 2.45) is 0 Å². The van der Waals surface area contributed by atoms with Crippen molar-refractivity contribution in [1.29, 1.82) is 0 Å². The number of ether oxygens (including phenoxy) is 3. The first-order valence-corrected chi connectivity index (χ1v) is 7.01. The fourth-order valence-corrected chi connectivity index (χ4v) is 2.05. The Morgan fingerprint density at radius 2 is 1.76 bits per heavy atom. The lowest BCUT2D eigenvalue weighted by Crippen LogP contribution is -2.23. The zero-order chi connectivity index (χ0) is 15.2. The molecule has 0 unspecified atom stereocenters. The fraction of sp³-hybridized carbons (Fsp3) is 0.533. The first kappa shape index (κ1) is 15.4. The van der Waals surface area contributed by atoms with Crippen molar-refractivity contribution in [3.05, 3.63) is 12.1 Å². The largest absolute Gasteiger partial charge is 0.493 e. The minimum absolute atomic E-state index is 0.0441. The van der Waals surface area contributed by atoms with Crippen molar-refractivity contribution in [3.63, 3.8) is 0 Å². The lowest BCUT2D eigenvalue weighted by molar-refractivity contribution is -0.116. The summed E-state index contributed by atoms with van der Waals surface area (Å²) in [5.41, 5.74) is 0.626. The van der Waals surface area contributed by atoms with Gasteiger partial charge in [0.1, 0.15) is 0 Å². The molecule has 1 aliphatic carbocycles. The molecule has 1 aliphatic rings. The van der Waals surface area contributed by atoms with Gasteiger partial charge < -0.3 is 24.8 Å². The van der Waals surface area contributed by atoms with Gasteiger partial charge in [-0.05, 0) is 12.8 Å². The second-order valence-corrected chi connectivity index (χ2v) is 4.94. The maximum Gasteiger partial charge on any atom is 0.225 e. The van der Waals surface area contributed by atoms with E-state index in [0.717, 1.165) is 0 Å². The number of amides is 1. The highest BCUT2D eigenvalue weighted by atomic mass is 16.5. The van der Waals surface area contributed by atoms with Gasteiger partial charge in [0.15, 0.2) is 11.5 Å². The second-order valence-electron chi connectivity index (χ2n) is 4.94. The molecular weight excluding hydrogens is 272 g/mol. The third-order valence-electron chi connectivity index (χ3n) is 3.31. The normalized spacial score (nSPS) is 13.7. The quantitative estimate of drug-likeness (QED) is 0.765. The second kappa shape index (κ2) is 7.17. The van der Waals surface area contributed by atoms with Gasteiger partial charge in [-0.1, -0.05) is 0 Å². The summed E-state index contributed by atoms with van der Waals surface area (Å²) in [6, 6.07) is 4.04. The summed E-state index contributed by atoms with van der Waals surface area (Å²) in [5.74, 6) is 1.50. The molecule has 0 aromatic heterocycles. The Morgan fingerprint density at radius 1 is 1.14 bits per heavy atom. The van der Waals surface area contributed by atoms with E-state index in [9.17, 15) is 4.79 Å². The van der Waals surface area contributed by atoms with E-state index in [2.05, 4.69) is 10.6 Å². The van der Waals surface area contributed by atoms with Gasteiger partial charge in [-0.3, -0.25) is 4.79 Å². The highest BCUT2D eigenvalue weighted by Crippen LogP contribution is 2.39. The van der Waals surface area contributed by atoms with E-state index in [1.54, 1.807) is 33.5 Å². The lowest BCUT2D eigenvalue weighted by Gasteiger charge is -2.14. The van der Waals surface area contributed by atoms with Crippen molar-refractivity contribution in [2.75, 3.05) is 33.2 Å². The molecule has 0 bridgehead atoms. The molecule has 0 saturated heterocycles. The molecule has 1 saturated carbocycles. The van der Waals surface area contributed by atoms with Gasteiger partial charge in [0.2, 0.25) is 11.7 Å². The maximum atomic E-state index is 11.9. The molecule has 6 nitrogen and oxygen atoms in total. The van der Waals surface area contributed by atoms with Crippen LogP contribution >= 0.6 is 0 Å². The first-order chi connectivity index (χ1) is 10.2. The van der Waals surface area contributed by atoms with Gasteiger partial charge in [0.05, 0.1) is 21.3 Å². The minimum Gasteiger partial charge on any atom is -0.493 e. The smallest absolute Gasteiger partial charge is 0.225 e. The summed E-state index contributed by atoms with van der Waals surface area (Å²) in [6.07, 6.45) is 2.87. The highest BCUT2D eigenvalue weighted by molar-refractivity contribution is 5.91. The number of benzene rings is 1. The van der Waals surface area contributed by atoms with Crippen molar-refractivity contribution >= 4 is 11.6 Å². The van der Waals surface area contributed by atoms with Crippen LogP contribution in [0.5, 0.6) is 17.2 Å². The zero-order valence-corrected chi connectivity index (χ0v) is 12.7. The van der Waals surface area contributed by atoms with Gasteiger partial charge in [-0.15, -0.1) is 0 Å². The number of anilines is 1. The molecule has 0 atom stereocenters. The lowest BCUT2D eigenvalue weighted by atomic mass is 10.2. The van der Waals surface area contributed by atoms with Gasteiger partial charge in [-0.2, -0.15) is 0 Å². The number of carbonyl (C=O) groups is 1. The molecule has 2 rings (SSSR count). The van der Waals surface area contributed by atoms with Gasteiger partial charge in [-0.25, -0.2) is 0 Å². The number of hydrogen-bond donors (Lipinski definition) is 2. The van der Waals surface area contributed by atoms with E-state index in [-0.39, 0.29) is 5.91 Å². The number of carbonyl (C=O) groups excluding carboxylic acids is 1. The van der Waals surface area contributed by atoms with Crippen LogP contribution in [0.15, 0.2) is 12.1 Å². The summed E-state index contributed by atoms with van der Waals surface area (Å²) in [5, 5.41) is 6.15. The van der Waals surface area contributed by atoms with Gasteiger partial charge in [0.25, 0.3) is 0 Å². The molecule has 6 heteroatoms. The Bertz CT molecular complexity index is 475. The Balaban J connectivity index is 1.99. The van der Waals surface area contributed by atoms with Crippen molar-refractivity contribution in [3.8, 4) is 17.2 Å². The van der Waals surface area contributed by atoms with Crippen molar-refractivity contribution in [2.45, 2.75) is 25.3 Å². The molecule has 0 radical (unpaired) electrons. The molecule has 0 heterocycles. The topological polar surface area (TPSA) is 68.8 Å². The predicted octanol–water partition coefficient (Wildman–Crippen LogP) is 1.79. The van der Waals surface area contributed by atoms with Crippen LogP contribution in [0.25, 0.3) is 0 Å². The van der Waals surface area contributed by atoms with E-state index in [1.807, 2.05) is 0 Å². The molecule has 0 spiro atoms. The van der Waals surface area contributed by atoms with Crippen LogP contribution in [0, 0.1) is 0 Å². The SMILES string of the molecule is COc1cc(NC(=O)CCNC2CC2)cc(OC)c1OC. The average molecular weight is 294 g/mol. The minimum atomic E-state index is -0.0441. The number of nitrogens with one attached hydrogen (secondary N) is 2. The van der Waals surface area contributed by atoms with Crippen LogP contribution in [0.4, 0.5) is 5.69 Å². The number of methoxy groups -OCH3 is 3. The van der Waals surface area contributed by atoms with Crippen molar-refractivity contribution in [1.82, 2.24) is 5.32 Å². The van der Waals surface area contributed by atoms with Gasteiger partial charge in [0, 0.05) is 36.8 Å². The van der Waals surface area contributed by atoms with Crippen LogP contribution < -0.4 is 24.8 Å². The molecule has 1 amide bonds. The van der Waals surface area contributed by atoms with Crippen LogP contribution in [0.1, 0.15) is 19.3 Å². The molecule has 21 heavy (non-hydrogen) atoms. The summed E-state index contributed by atoms with van der Waals surface area (Å²) < 4.78 is 15.8. The monoisotopic (exact) mass is 294 g/mol. The molecule has 116 valence electrons. The van der Waals surface area contributed by atoms with Gasteiger partial charge >= 0.3 is 0 Å². The molecular formula is C15H22N2O4. The third kappa shape index (κ3) is 4.26. The fourth-order valence-electron chi connectivity index (χ4n) is 2.05. The van der Waals surface area contributed by atoms with E-state index in [1.165, 1.54) is 12.8 Å². The van der Waals surface area contributed by atoms with E-state index < -0.39 is 0 Å². The van der Waals surface area contributed by atoms with E-state index >= 15 is 0 Å². The molecule has 1 aromatic carbocycles. The summed E-state index contributed by atoms with van der Waals surface area (Å²) in [6.45, 7) is 0.695. The predicted molar refractivity (Wildman–Crippen MR) is 80.4 cm³/mol.